The second kappa shape index (κ2) is 7.48. The molecule has 2 heterocycles. The minimum absolute atomic E-state index is 0.0294. The molecule has 3 rings (SSSR count). The van der Waals surface area contributed by atoms with Crippen LogP contribution in [0.1, 0.15) is 28.2 Å². The molecule has 0 aliphatic carbocycles. The topological polar surface area (TPSA) is 80.5 Å². The van der Waals surface area contributed by atoms with Gasteiger partial charge in [-0.15, -0.1) is 0 Å². The lowest BCUT2D eigenvalue weighted by Gasteiger charge is -2.32. The molecule has 24 heavy (non-hydrogen) atoms. The number of morpholine rings is 1. The predicted octanol–water partition coefficient (Wildman–Crippen LogP) is 2.31. The fraction of sp³-hybridized carbons (Fsp3) is 0.400. The van der Waals surface area contributed by atoms with Gasteiger partial charge < -0.3 is 14.6 Å². The first-order valence-corrected chi connectivity index (χ1v) is 8.16. The molecule has 7 nitrogen and oxygen atoms in total. The first kappa shape index (κ1) is 17.2. The molecule has 128 valence electrons. The number of carbonyl (C=O) groups is 1. The third-order valence-corrected chi connectivity index (χ3v) is 4.46. The molecule has 1 aromatic carbocycles. The summed E-state index contributed by atoms with van der Waals surface area (Å²) in [6, 6.07) is 5.47. The Labute approximate surface area is 148 Å². The Kier molecular flexibility index (Phi) is 5.35. The number of benzene rings is 1. The van der Waals surface area contributed by atoms with Crippen LogP contribution in [-0.2, 0) is 11.3 Å². The van der Waals surface area contributed by atoms with E-state index in [1.807, 2.05) is 12.1 Å². The van der Waals surface area contributed by atoms with Crippen molar-refractivity contribution in [1.29, 1.82) is 0 Å². The van der Waals surface area contributed by atoms with E-state index in [9.17, 15) is 4.79 Å². The summed E-state index contributed by atoms with van der Waals surface area (Å²) < 4.78 is 10.9. The second-order valence-corrected chi connectivity index (χ2v) is 6.17. The van der Waals surface area contributed by atoms with Crippen LogP contribution in [0.5, 0.6) is 0 Å². The number of aromatic nitrogens is 2. The van der Waals surface area contributed by atoms with Crippen molar-refractivity contribution in [3.05, 3.63) is 45.5 Å². The molecule has 1 aliphatic rings. The van der Waals surface area contributed by atoms with Crippen molar-refractivity contribution in [3.63, 3.8) is 0 Å². The van der Waals surface area contributed by atoms with Gasteiger partial charge in [0, 0.05) is 20.1 Å². The first-order chi connectivity index (χ1) is 11.6. The molecule has 0 saturated carbocycles. The van der Waals surface area contributed by atoms with Gasteiger partial charge in [0.25, 0.3) is 11.7 Å². The summed E-state index contributed by atoms with van der Waals surface area (Å²) >= 11 is 12.0. The van der Waals surface area contributed by atoms with Crippen molar-refractivity contribution in [2.45, 2.75) is 12.6 Å². The normalized spacial score (nSPS) is 18.5. The monoisotopic (exact) mass is 370 g/mol. The molecule has 2 aromatic rings. The first-order valence-electron chi connectivity index (χ1n) is 7.40. The number of hydrogen-bond acceptors (Lipinski definition) is 6. The number of ether oxygens (including phenoxy) is 1. The number of carbonyl (C=O) groups excluding carboxylic acids is 1. The van der Waals surface area contributed by atoms with Gasteiger partial charge in [-0.2, -0.15) is 4.98 Å². The van der Waals surface area contributed by atoms with Crippen molar-refractivity contribution in [1.82, 2.24) is 20.4 Å². The maximum Gasteiger partial charge on any atom is 0.292 e. The lowest BCUT2D eigenvalue weighted by atomic mass is 10.1. The second-order valence-electron chi connectivity index (χ2n) is 5.36. The van der Waals surface area contributed by atoms with E-state index in [0.29, 0.717) is 35.6 Å². The summed E-state index contributed by atoms with van der Waals surface area (Å²) in [4.78, 5) is 17.7. The quantitative estimate of drug-likeness (QED) is 0.889. The van der Waals surface area contributed by atoms with E-state index in [4.69, 9.17) is 32.5 Å². The lowest BCUT2D eigenvalue weighted by Crippen LogP contribution is -2.37. The zero-order valence-electron chi connectivity index (χ0n) is 13.0. The van der Waals surface area contributed by atoms with Gasteiger partial charge in [0.1, 0.15) is 0 Å². The van der Waals surface area contributed by atoms with Crippen molar-refractivity contribution in [2.75, 3.05) is 26.7 Å². The Bertz CT molecular complexity index is 737. The lowest BCUT2D eigenvalue weighted by molar-refractivity contribution is -0.0355. The molecule has 0 spiro atoms. The molecule has 1 aromatic heterocycles. The summed E-state index contributed by atoms with van der Waals surface area (Å²) in [6.45, 7) is 2.40. The minimum Gasteiger partial charge on any atom is -0.371 e. The maximum atomic E-state index is 11.5. The molecule has 0 radical (unpaired) electrons. The Hall–Kier alpha value is -1.67. The summed E-state index contributed by atoms with van der Waals surface area (Å²) in [5.41, 5.74) is 0.964. The van der Waals surface area contributed by atoms with Crippen LogP contribution in [0.2, 0.25) is 10.0 Å². The number of halogens is 2. The van der Waals surface area contributed by atoms with Crippen LogP contribution in [0.15, 0.2) is 22.7 Å². The van der Waals surface area contributed by atoms with Gasteiger partial charge in [-0.1, -0.05) is 34.4 Å². The summed E-state index contributed by atoms with van der Waals surface area (Å²) in [7, 11) is 1.52. The summed E-state index contributed by atoms with van der Waals surface area (Å²) in [5.74, 6) is 0.0471. The van der Waals surface area contributed by atoms with E-state index >= 15 is 0 Å². The third-order valence-electron chi connectivity index (χ3n) is 3.72. The highest BCUT2D eigenvalue weighted by atomic mass is 35.5. The zero-order chi connectivity index (χ0) is 17.1. The zero-order valence-corrected chi connectivity index (χ0v) is 14.5. The van der Waals surface area contributed by atoms with Crippen molar-refractivity contribution in [2.24, 2.45) is 0 Å². The number of nitrogens with one attached hydrogen (secondary N) is 1. The summed E-state index contributed by atoms with van der Waals surface area (Å²) in [6.07, 6.45) is -0.116. The molecule has 1 aliphatic heterocycles. The van der Waals surface area contributed by atoms with Gasteiger partial charge >= 0.3 is 0 Å². The highest BCUT2D eigenvalue weighted by molar-refractivity contribution is 6.42. The maximum absolute atomic E-state index is 11.5. The molecule has 1 fully saturated rings. The standard InChI is InChI=1S/C15H16Cl2N4O3/c1-18-15(22)14-19-13(24-20-14)8-21-4-5-23-12(7-21)9-2-3-10(16)11(17)6-9/h2-3,6,12H,4-5,7-8H2,1H3,(H,18,22)/t12-/m1/s1. The highest BCUT2D eigenvalue weighted by Gasteiger charge is 2.24. The van der Waals surface area contributed by atoms with Gasteiger partial charge in [-0.3, -0.25) is 9.69 Å². The van der Waals surface area contributed by atoms with Crippen LogP contribution in [0.25, 0.3) is 0 Å². The van der Waals surface area contributed by atoms with Gasteiger partial charge in [0.2, 0.25) is 5.89 Å². The Morgan fingerprint density at radius 2 is 2.25 bits per heavy atom. The molecule has 9 heteroatoms. The van der Waals surface area contributed by atoms with E-state index < -0.39 is 0 Å². The van der Waals surface area contributed by atoms with E-state index in [0.717, 1.165) is 12.1 Å². The molecule has 0 unspecified atom stereocenters. The number of amides is 1. The fourth-order valence-electron chi connectivity index (χ4n) is 2.47. The van der Waals surface area contributed by atoms with E-state index in [1.165, 1.54) is 7.05 Å². The van der Waals surface area contributed by atoms with E-state index in [2.05, 4.69) is 20.4 Å². The molecular formula is C15H16Cl2N4O3. The molecular weight excluding hydrogens is 355 g/mol. The smallest absolute Gasteiger partial charge is 0.292 e. The van der Waals surface area contributed by atoms with Crippen molar-refractivity contribution >= 4 is 29.1 Å². The predicted molar refractivity (Wildman–Crippen MR) is 88.1 cm³/mol. The number of hydrogen-bond donors (Lipinski definition) is 1. The number of nitrogens with zero attached hydrogens (tertiary/aromatic N) is 3. The average molecular weight is 371 g/mol. The SMILES string of the molecule is CNC(=O)c1noc(CN2CCO[C@@H](c3ccc(Cl)c(Cl)c3)C2)n1. The Balaban J connectivity index is 1.66. The van der Waals surface area contributed by atoms with Crippen LogP contribution >= 0.6 is 23.2 Å². The molecule has 1 saturated heterocycles. The Morgan fingerprint density at radius 3 is 3.00 bits per heavy atom. The van der Waals surface area contributed by atoms with Gasteiger partial charge in [0.05, 0.1) is 29.3 Å². The van der Waals surface area contributed by atoms with Crippen LogP contribution in [-0.4, -0.2) is 47.7 Å². The van der Waals surface area contributed by atoms with E-state index in [-0.39, 0.29) is 17.8 Å². The molecule has 1 amide bonds. The van der Waals surface area contributed by atoms with E-state index in [1.54, 1.807) is 6.07 Å². The van der Waals surface area contributed by atoms with Crippen molar-refractivity contribution in [3.8, 4) is 0 Å². The van der Waals surface area contributed by atoms with Gasteiger partial charge in [-0.05, 0) is 17.7 Å². The van der Waals surface area contributed by atoms with Gasteiger partial charge in [0.15, 0.2) is 0 Å². The highest BCUT2D eigenvalue weighted by Crippen LogP contribution is 2.29. The van der Waals surface area contributed by atoms with Crippen molar-refractivity contribution < 1.29 is 14.1 Å². The average Bonchev–Trinajstić information content (AvgIpc) is 3.05. The van der Waals surface area contributed by atoms with Crippen LogP contribution < -0.4 is 5.32 Å². The Morgan fingerprint density at radius 1 is 1.42 bits per heavy atom. The minimum atomic E-state index is -0.374. The largest absolute Gasteiger partial charge is 0.371 e. The molecule has 0 bridgehead atoms. The van der Waals surface area contributed by atoms with Crippen LogP contribution in [0, 0.1) is 0 Å². The molecule has 1 atom stereocenters. The fourth-order valence-corrected chi connectivity index (χ4v) is 2.78. The third kappa shape index (κ3) is 3.87. The van der Waals surface area contributed by atoms with Crippen LogP contribution in [0.4, 0.5) is 0 Å². The molecule has 1 N–H and O–H groups in total. The van der Waals surface area contributed by atoms with Crippen LogP contribution in [0.3, 0.4) is 0 Å². The summed E-state index contributed by atoms with van der Waals surface area (Å²) in [5, 5.41) is 7.13. The van der Waals surface area contributed by atoms with Gasteiger partial charge in [-0.25, -0.2) is 0 Å². The number of rotatable bonds is 4.